The van der Waals surface area contributed by atoms with Gasteiger partial charge in [-0.25, -0.2) is 0 Å². The highest BCUT2D eigenvalue weighted by Crippen LogP contribution is 2.15. The highest BCUT2D eigenvalue weighted by molar-refractivity contribution is 6.05. The SMILES string of the molecule is N#Cc1ccc(C(=O)Nc2cccc(C(=O)NCC(F)(F)F)c2)cc1. The zero-order chi connectivity index (χ0) is 18.4. The van der Waals surface area contributed by atoms with Gasteiger partial charge in [0.15, 0.2) is 0 Å². The van der Waals surface area contributed by atoms with E-state index in [9.17, 15) is 22.8 Å². The number of hydrogen-bond donors (Lipinski definition) is 2. The van der Waals surface area contributed by atoms with Crippen molar-refractivity contribution in [2.45, 2.75) is 6.18 Å². The lowest BCUT2D eigenvalue weighted by Gasteiger charge is -2.10. The largest absolute Gasteiger partial charge is 0.405 e. The molecular weight excluding hydrogens is 335 g/mol. The van der Waals surface area contributed by atoms with E-state index >= 15 is 0 Å². The van der Waals surface area contributed by atoms with E-state index in [1.165, 1.54) is 48.5 Å². The van der Waals surface area contributed by atoms with E-state index in [1.54, 1.807) is 5.32 Å². The fourth-order valence-corrected chi connectivity index (χ4v) is 1.92. The summed E-state index contributed by atoms with van der Waals surface area (Å²) in [7, 11) is 0. The van der Waals surface area contributed by atoms with E-state index in [-0.39, 0.29) is 11.3 Å². The molecule has 0 aliphatic heterocycles. The summed E-state index contributed by atoms with van der Waals surface area (Å²) < 4.78 is 36.4. The van der Waals surface area contributed by atoms with E-state index in [1.807, 2.05) is 6.07 Å². The summed E-state index contributed by atoms with van der Waals surface area (Å²) >= 11 is 0. The van der Waals surface area contributed by atoms with Gasteiger partial charge in [0, 0.05) is 16.8 Å². The number of nitrogens with zero attached hydrogens (tertiary/aromatic N) is 1. The summed E-state index contributed by atoms with van der Waals surface area (Å²) in [6, 6.07) is 13.4. The Bertz CT molecular complexity index is 824. The summed E-state index contributed by atoms with van der Waals surface area (Å²) in [6.45, 7) is -1.44. The molecular formula is C17H12F3N3O2. The molecule has 2 amide bonds. The van der Waals surface area contributed by atoms with E-state index < -0.39 is 24.5 Å². The Hall–Kier alpha value is -3.34. The Labute approximate surface area is 141 Å². The van der Waals surface area contributed by atoms with Gasteiger partial charge in [0.05, 0.1) is 11.6 Å². The van der Waals surface area contributed by atoms with Crippen LogP contribution in [0, 0.1) is 11.3 Å². The fourth-order valence-electron chi connectivity index (χ4n) is 1.92. The maximum Gasteiger partial charge on any atom is 0.405 e. The van der Waals surface area contributed by atoms with Crippen LogP contribution in [0.2, 0.25) is 0 Å². The number of carbonyl (C=O) groups is 2. The van der Waals surface area contributed by atoms with Crippen molar-refractivity contribution in [3.05, 3.63) is 65.2 Å². The molecule has 128 valence electrons. The van der Waals surface area contributed by atoms with Gasteiger partial charge in [0.2, 0.25) is 0 Å². The second kappa shape index (κ2) is 7.49. The lowest BCUT2D eigenvalue weighted by atomic mass is 10.1. The van der Waals surface area contributed by atoms with Crippen LogP contribution >= 0.6 is 0 Å². The van der Waals surface area contributed by atoms with Crippen LogP contribution in [0.3, 0.4) is 0 Å². The number of anilines is 1. The molecule has 8 heteroatoms. The average Bonchev–Trinajstić information content (AvgIpc) is 2.59. The quantitative estimate of drug-likeness (QED) is 0.892. The highest BCUT2D eigenvalue weighted by Gasteiger charge is 2.27. The molecule has 0 aromatic heterocycles. The van der Waals surface area contributed by atoms with Gasteiger partial charge < -0.3 is 10.6 Å². The van der Waals surface area contributed by atoms with Crippen LogP contribution in [0.5, 0.6) is 0 Å². The van der Waals surface area contributed by atoms with E-state index in [0.29, 0.717) is 11.1 Å². The third-order valence-corrected chi connectivity index (χ3v) is 3.11. The molecule has 0 bridgehead atoms. The van der Waals surface area contributed by atoms with Crippen molar-refractivity contribution in [3.63, 3.8) is 0 Å². The Morgan fingerprint density at radius 1 is 1.00 bits per heavy atom. The summed E-state index contributed by atoms with van der Waals surface area (Å²) in [5.41, 5.74) is 0.946. The molecule has 0 saturated heterocycles. The number of halogens is 3. The van der Waals surface area contributed by atoms with Crippen LogP contribution in [0.15, 0.2) is 48.5 Å². The molecule has 0 saturated carbocycles. The van der Waals surface area contributed by atoms with Crippen molar-refractivity contribution in [2.24, 2.45) is 0 Å². The second-order valence-corrected chi connectivity index (χ2v) is 5.02. The molecule has 0 fully saturated rings. The van der Waals surface area contributed by atoms with Crippen LogP contribution in [-0.4, -0.2) is 24.5 Å². The van der Waals surface area contributed by atoms with Crippen LogP contribution < -0.4 is 10.6 Å². The average molecular weight is 347 g/mol. The van der Waals surface area contributed by atoms with Crippen molar-refractivity contribution in [1.82, 2.24) is 5.32 Å². The minimum atomic E-state index is -4.50. The lowest BCUT2D eigenvalue weighted by molar-refractivity contribution is -0.123. The van der Waals surface area contributed by atoms with E-state index in [0.717, 1.165) is 0 Å². The number of alkyl halides is 3. The first-order valence-electron chi connectivity index (χ1n) is 7.05. The topological polar surface area (TPSA) is 82.0 Å². The molecule has 2 aromatic rings. The molecule has 0 radical (unpaired) electrons. The third kappa shape index (κ3) is 5.35. The molecule has 0 aliphatic carbocycles. The van der Waals surface area contributed by atoms with Gasteiger partial charge >= 0.3 is 6.18 Å². The predicted molar refractivity (Wildman–Crippen MR) is 83.9 cm³/mol. The summed E-state index contributed by atoms with van der Waals surface area (Å²) in [6.07, 6.45) is -4.50. The number of nitriles is 1. The predicted octanol–water partition coefficient (Wildman–Crippen LogP) is 3.10. The minimum absolute atomic E-state index is 0.0121. The minimum Gasteiger partial charge on any atom is -0.343 e. The molecule has 25 heavy (non-hydrogen) atoms. The lowest BCUT2D eigenvalue weighted by Crippen LogP contribution is -2.33. The number of carbonyl (C=O) groups excluding carboxylic acids is 2. The van der Waals surface area contributed by atoms with Gasteiger partial charge in [0.25, 0.3) is 11.8 Å². The van der Waals surface area contributed by atoms with Gasteiger partial charge in [0.1, 0.15) is 6.54 Å². The Kier molecular flexibility index (Phi) is 5.39. The molecule has 2 aromatic carbocycles. The first-order chi connectivity index (χ1) is 11.8. The van der Waals surface area contributed by atoms with Crippen LogP contribution in [0.4, 0.5) is 18.9 Å². The maximum atomic E-state index is 12.1. The normalized spacial score (nSPS) is 10.6. The number of nitrogens with one attached hydrogen (secondary N) is 2. The Morgan fingerprint density at radius 2 is 1.68 bits per heavy atom. The van der Waals surface area contributed by atoms with Gasteiger partial charge in [-0.15, -0.1) is 0 Å². The highest BCUT2D eigenvalue weighted by atomic mass is 19.4. The molecule has 0 aliphatic rings. The van der Waals surface area contributed by atoms with Gasteiger partial charge in [-0.3, -0.25) is 9.59 Å². The molecule has 5 nitrogen and oxygen atoms in total. The summed E-state index contributed by atoms with van der Waals surface area (Å²) in [4.78, 5) is 23.8. The smallest absolute Gasteiger partial charge is 0.343 e. The zero-order valence-electron chi connectivity index (χ0n) is 12.7. The van der Waals surface area contributed by atoms with Crippen molar-refractivity contribution in [2.75, 3.05) is 11.9 Å². The van der Waals surface area contributed by atoms with Gasteiger partial charge in [-0.2, -0.15) is 18.4 Å². The molecule has 2 rings (SSSR count). The second-order valence-electron chi connectivity index (χ2n) is 5.02. The zero-order valence-corrected chi connectivity index (χ0v) is 12.7. The maximum absolute atomic E-state index is 12.1. The molecule has 0 unspecified atom stereocenters. The standard InChI is InChI=1S/C17H12F3N3O2/c18-17(19,20)10-22-15(24)13-2-1-3-14(8-13)23-16(25)12-6-4-11(9-21)5-7-12/h1-8H,10H2,(H,22,24)(H,23,25). The van der Waals surface area contributed by atoms with Crippen molar-refractivity contribution in [1.29, 1.82) is 5.26 Å². The van der Waals surface area contributed by atoms with E-state index in [4.69, 9.17) is 5.26 Å². The third-order valence-electron chi connectivity index (χ3n) is 3.11. The summed E-state index contributed by atoms with van der Waals surface area (Å²) in [5.74, 6) is -1.37. The monoisotopic (exact) mass is 347 g/mol. The van der Waals surface area contributed by atoms with E-state index in [2.05, 4.69) is 5.32 Å². The van der Waals surface area contributed by atoms with Crippen molar-refractivity contribution < 1.29 is 22.8 Å². The van der Waals surface area contributed by atoms with Crippen LogP contribution in [0.1, 0.15) is 26.3 Å². The Balaban J connectivity index is 2.06. The number of amides is 2. The number of hydrogen-bond acceptors (Lipinski definition) is 3. The number of benzene rings is 2. The summed E-state index contributed by atoms with van der Waals surface area (Å²) in [5, 5.41) is 13.0. The van der Waals surface area contributed by atoms with Crippen molar-refractivity contribution >= 4 is 17.5 Å². The molecule has 0 heterocycles. The number of rotatable bonds is 4. The molecule has 0 atom stereocenters. The molecule has 2 N–H and O–H groups in total. The van der Waals surface area contributed by atoms with Crippen LogP contribution in [0.25, 0.3) is 0 Å². The fraction of sp³-hybridized carbons (Fsp3) is 0.118. The first-order valence-corrected chi connectivity index (χ1v) is 7.05. The van der Waals surface area contributed by atoms with Crippen LogP contribution in [-0.2, 0) is 0 Å². The molecule has 0 spiro atoms. The van der Waals surface area contributed by atoms with Gasteiger partial charge in [-0.1, -0.05) is 6.07 Å². The first kappa shape index (κ1) is 18.0. The van der Waals surface area contributed by atoms with Gasteiger partial charge in [-0.05, 0) is 42.5 Å². The van der Waals surface area contributed by atoms with Crippen molar-refractivity contribution in [3.8, 4) is 6.07 Å². The Morgan fingerprint density at radius 3 is 2.28 bits per heavy atom.